The van der Waals surface area contributed by atoms with Crippen LogP contribution in [0.5, 0.6) is 0 Å². The van der Waals surface area contributed by atoms with Crippen molar-refractivity contribution in [2.45, 2.75) is 297 Å². The van der Waals surface area contributed by atoms with E-state index in [0.29, 0.717) is 19.3 Å². The van der Waals surface area contributed by atoms with Gasteiger partial charge in [-0.3, -0.25) is 14.4 Å². The van der Waals surface area contributed by atoms with Crippen LogP contribution in [0.15, 0.2) is 122 Å². The van der Waals surface area contributed by atoms with Gasteiger partial charge in [-0.15, -0.1) is 0 Å². The van der Waals surface area contributed by atoms with Crippen molar-refractivity contribution in [1.82, 2.24) is 0 Å². The molecule has 0 spiro atoms. The number of carbonyl (C=O) groups is 3. The number of ether oxygens (including phenoxy) is 3. The largest absolute Gasteiger partial charge is 0.462 e. The third-order valence-electron chi connectivity index (χ3n) is 13.4. The number of unbranched alkanes of at least 4 members (excludes halogenated alkanes) is 26. The van der Waals surface area contributed by atoms with E-state index in [1.807, 2.05) is 0 Å². The molecule has 1 atom stereocenters. The molecular formula is C71H118O6. The van der Waals surface area contributed by atoms with Gasteiger partial charge in [0, 0.05) is 19.3 Å². The van der Waals surface area contributed by atoms with Crippen LogP contribution in [0.4, 0.5) is 0 Å². The highest BCUT2D eigenvalue weighted by Gasteiger charge is 2.19. The van der Waals surface area contributed by atoms with Crippen LogP contribution in [0.25, 0.3) is 0 Å². The highest BCUT2D eigenvalue weighted by molar-refractivity contribution is 5.71. The Labute approximate surface area is 475 Å². The second-order valence-corrected chi connectivity index (χ2v) is 20.9. The van der Waals surface area contributed by atoms with Crippen LogP contribution >= 0.6 is 0 Å². The van der Waals surface area contributed by atoms with Gasteiger partial charge in [0.05, 0.1) is 0 Å². The number of esters is 3. The zero-order chi connectivity index (χ0) is 55.7. The summed E-state index contributed by atoms with van der Waals surface area (Å²) in [7, 11) is 0. The summed E-state index contributed by atoms with van der Waals surface area (Å²) in [6.45, 7) is 6.37. The van der Waals surface area contributed by atoms with Crippen LogP contribution in [0.3, 0.4) is 0 Å². The van der Waals surface area contributed by atoms with E-state index in [0.717, 1.165) is 116 Å². The van der Waals surface area contributed by atoms with Gasteiger partial charge in [0.15, 0.2) is 6.10 Å². The SMILES string of the molecule is CC/C=C\C/C=C\C/C=C\C/C=C\C/C=C\CCCC(=O)OCC(COC(=O)CCCCCCCCCCCCC/C=C\CCCCCCCCCC)OC(=O)CCCCCCCC/C=C\C/C=C\C/C=C\C/C=C\CC. The average Bonchev–Trinajstić information content (AvgIpc) is 3.43. The van der Waals surface area contributed by atoms with Crippen molar-refractivity contribution >= 4 is 17.9 Å². The molecule has 0 heterocycles. The predicted octanol–water partition coefficient (Wildman–Crippen LogP) is 22.0. The molecule has 77 heavy (non-hydrogen) atoms. The quantitative estimate of drug-likeness (QED) is 0.0261. The van der Waals surface area contributed by atoms with Crippen molar-refractivity contribution in [3.8, 4) is 0 Å². The Morgan fingerprint density at radius 2 is 0.519 bits per heavy atom. The van der Waals surface area contributed by atoms with Gasteiger partial charge in [0.25, 0.3) is 0 Å². The number of hydrogen-bond acceptors (Lipinski definition) is 6. The minimum absolute atomic E-state index is 0.104. The van der Waals surface area contributed by atoms with E-state index in [1.165, 1.54) is 128 Å². The molecule has 0 amide bonds. The minimum Gasteiger partial charge on any atom is -0.462 e. The fourth-order valence-electron chi connectivity index (χ4n) is 8.70. The minimum atomic E-state index is -0.814. The molecule has 6 heteroatoms. The molecule has 0 bridgehead atoms. The summed E-state index contributed by atoms with van der Waals surface area (Å²) in [5.41, 5.74) is 0. The van der Waals surface area contributed by atoms with Crippen LogP contribution in [0.1, 0.15) is 290 Å². The van der Waals surface area contributed by atoms with Crippen LogP contribution in [-0.4, -0.2) is 37.2 Å². The maximum atomic E-state index is 12.9. The lowest BCUT2D eigenvalue weighted by molar-refractivity contribution is -0.167. The van der Waals surface area contributed by atoms with Crippen molar-refractivity contribution in [3.63, 3.8) is 0 Å². The summed E-state index contributed by atoms with van der Waals surface area (Å²) >= 11 is 0. The Balaban J connectivity index is 4.45. The lowest BCUT2D eigenvalue weighted by Gasteiger charge is -2.18. The summed E-state index contributed by atoms with van der Waals surface area (Å²) in [5, 5.41) is 0. The Morgan fingerprint density at radius 1 is 0.273 bits per heavy atom. The molecular weight excluding hydrogens is 949 g/mol. The molecule has 0 saturated carbocycles. The summed E-state index contributed by atoms with van der Waals surface area (Å²) in [5.74, 6) is -0.975. The monoisotopic (exact) mass is 1070 g/mol. The second kappa shape index (κ2) is 64.3. The van der Waals surface area contributed by atoms with E-state index in [9.17, 15) is 14.4 Å². The molecule has 438 valence electrons. The fraction of sp³-hybridized carbons (Fsp3) is 0.676. The lowest BCUT2D eigenvalue weighted by atomic mass is 10.0. The smallest absolute Gasteiger partial charge is 0.306 e. The second-order valence-electron chi connectivity index (χ2n) is 20.9. The molecule has 0 aliphatic rings. The van der Waals surface area contributed by atoms with Crippen LogP contribution in [-0.2, 0) is 28.6 Å². The molecule has 0 aromatic rings. The molecule has 0 aromatic carbocycles. The van der Waals surface area contributed by atoms with Crippen LogP contribution in [0.2, 0.25) is 0 Å². The Hall–Kier alpha value is -4.19. The van der Waals surface area contributed by atoms with Crippen molar-refractivity contribution in [3.05, 3.63) is 122 Å². The third-order valence-corrected chi connectivity index (χ3v) is 13.4. The number of allylic oxidation sites excluding steroid dienone is 20. The first-order valence-corrected chi connectivity index (χ1v) is 32.0. The maximum absolute atomic E-state index is 12.9. The first-order valence-electron chi connectivity index (χ1n) is 32.0. The zero-order valence-electron chi connectivity index (χ0n) is 50.2. The van der Waals surface area contributed by atoms with E-state index in [-0.39, 0.29) is 37.5 Å². The van der Waals surface area contributed by atoms with E-state index in [2.05, 4.69) is 142 Å². The zero-order valence-corrected chi connectivity index (χ0v) is 50.2. The summed E-state index contributed by atoms with van der Waals surface area (Å²) in [4.78, 5) is 38.3. The van der Waals surface area contributed by atoms with E-state index < -0.39 is 6.10 Å². The molecule has 1 unspecified atom stereocenters. The van der Waals surface area contributed by atoms with E-state index in [4.69, 9.17) is 14.2 Å². The topological polar surface area (TPSA) is 78.9 Å². The number of hydrogen-bond donors (Lipinski definition) is 0. The average molecular weight is 1070 g/mol. The summed E-state index contributed by atoms with van der Waals surface area (Å²) < 4.78 is 16.9. The van der Waals surface area contributed by atoms with Gasteiger partial charge < -0.3 is 14.2 Å². The van der Waals surface area contributed by atoms with Crippen LogP contribution < -0.4 is 0 Å². The molecule has 0 rings (SSSR count). The van der Waals surface area contributed by atoms with Crippen LogP contribution in [0, 0.1) is 0 Å². The van der Waals surface area contributed by atoms with Gasteiger partial charge in [0.1, 0.15) is 13.2 Å². The molecule has 0 aliphatic carbocycles. The van der Waals surface area contributed by atoms with Crippen molar-refractivity contribution in [1.29, 1.82) is 0 Å². The molecule has 0 N–H and O–H groups in total. The Bertz CT molecular complexity index is 1600. The van der Waals surface area contributed by atoms with Crippen molar-refractivity contribution in [2.75, 3.05) is 13.2 Å². The van der Waals surface area contributed by atoms with Gasteiger partial charge in [-0.2, -0.15) is 0 Å². The van der Waals surface area contributed by atoms with E-state index >= 15 is 0 Å². The van der Waals surface area contributed by atoms with Crippen molar-refractivity contribution in [2.24, 2.45) is 0 Å². The van der Waals surface area contributed by atoms with Gasteiger partial charge in [-0.25, -0.2) is 0 Å². The van der Waals surface area contributed by atoms with E-state index in [1.54, 1.807) is 0 Å². The summed E-state index contributed by atoms with van der Waals surface area (Å²) in [6, 6.07) is 0. The number of rotatable bonds is 57. The first-order chi connectivity index (χ1) is 38.0. The number of carbonyl (C=O) groups excluding carboxylic acids is 3. The van der Waals surface area contributed by atoms with Gasteiger partial charge >= 0.3 is 17.9 Å². The molecule has 0 saturated heterocycles. The maximum Gasteiger partial charge on any atom is 0.306 e. The van der Waals surface area contributed by atoms with Gasteiger partial charge in [-0.1, -0.05) is 271 Å². The van der Waals surface area contributed by atoms with Gasteiger partial charge in [-0.05, 0) is 122 Å². The Kier molecular flexibility index (Phi) is 60.8. The highest BCUT2D eigenvalue weighted by atomic mass is 16.6. The normalized spacial score (nSPS) is 12.9. The fourth-order valence-corrected chi connectivity index (χ4v) is 8.70. The first kappa shape index (κ1) is 72.8. The summed E-state index contributed by atoms with van der Waals surface area (Å²) in [6.07, 6.45) is 89.2. The molecule has 0 fully saturated rings. The predicted molar refractivity (Wildman–Crippen MR) is 334 cm³/mol. The van der Waals surface area contributed by atoms with Crippen molar-refractivity contribution < 1.29 is 28.6 Å². The standard InChI is InChI=1S/C71H118O6/c1-4-7-10-13-16-19-22-25-28-31-33-34-35-36-38-40-43-46-49-52-55-58-61-64-70(73)76-67-68(66-75-69(72)63-60-57-54-51-48-45-42-39-30-27-24-21-18-15-12-9-6-3)77-71(74)65-62-59-56-53-50-47-44-41-37-32-29-26-23-20-17-14-11-8-5-2/h8-9,11-12,17-18,20-21,26-27,29-31,33,37,41-42,45,51,54,68H,4-7,10,13-16,19,22-25,28,32,34-36,38-40,43-44,46-50,52-53,55-67H2,1-3H3/b11-8-,12-9-,20-17-,21-18-,29-26-,30-27-,33-31-,41-37-,45-42-,54-51-. The molecule has 6 nitrogen and oxygen atoms in total. The molecule has 0 radical (unpaired) electrons. The highest BCUT2D eigenvalue weighted by Crippen LogP contribution is 2.16. The third kappa shape index (κ3) is 62.5. The molecule has 0 aliphatic heterocycles. The van der Waals surface area contributed by atoms with Gasteiger partial charge in [0.2, 0.25) is 0 Å². The molecule has 0 aromatic heterocycles. The Morgan fingerprint density at radius 3 is 0.857 bits per heavy atom. The lowest BCUT2D eigenvalue weighted by Crippen LogP contribution is -2.30.